The van der Waals surface area contributed by atoms with E-state index in [0.29, 0.717) is 12.3 Å². The monoisotopic (exact) mass is 248 g/mol. The molecule has 4 heteroatoms. The summed E-state index contributed by atoms with van der Waals surface area (Å²) in [5.41, 5.74) is 1.52. The molecule has 1 atom stereocenters. The Kier molecular flexibility index (Phi) is 4.20. The van der Waals surface area contributed by atoms with Crippen LogP contribution in [0.2, 0.25) is 0 Å². The van der Waals surface area contributed by atoms with Gasteiger partial charge in [-0.2, -0.15) is 0 Å². The number of phenols is 1. The summed E-state index contributed by atoms with van der Waals surface area (Å²) in [6.07, 6.45) is 2.83. The second-order valence-electron chi connectivity index (χ2n) is 4.97. The topological polar surface area (TPSA) is 61.4 Å². The van der Waals surface area contributed by atoms with E-state index in [1.807, 2.05) is 6.92 Å². The third kappa shape index (κ3) is 3.47. The number of hydrogen-bond donors (Lipinski definition) is 3. The number of aromatic hydroxyl groups is 1. The first-order chi connectivity index (χ1) is 8.65. The molecule has 98 valence electrons. The van der Waals surface area contributed by atoms with Crippen LogP contribution in [0, 0.1) is 12.8 Å². The van der Waals surface area contributed by atoms with E-state index in [4.69, 9.17) is 0 Å². The minimum absolute atomic E-state index is 0.0498. The third-order valence-electron chi connectivity index (χ3n) is 3.35. The molecular formula is C14H20N2O2. The highest BCUT2D eigenvalue weighted by atomic mass is 16.3. The first-order valence-corrected chi connectivity index (χ1v) is 6.45. The van der Waals surface area contributed by atoms with Crippen LogP contribution in [-0.4, -0.2) is 24.1 Å². The SMILES string of the molecule is Cc1cc(NC(=O)CC2CCCNC2)ccc1O. The van der Waals surface area contributed by atoms with Crippen LogP contribution < -0.4 is 10.6 Å². The van der Waals surface area contributed by atoms with Gasteiger partial charge in [-0.3, -0.25) is 4.79 Å². The summed E-state index contributed by atoms with van der Waals surface area (Å²) in [4.78, 5) is 11.9. The number of phenolic OH excluding ortho intramolecular Hbond substituents is 1. The number of anilines is 1. The zero-order valence-corrected chi connectivity index (χ0v) is 10.7. The molecular weight excluding hydrogens is 228 g/mol. The quantitative estimate of drug-likeness (QED) is 0.717. The highest BCUT2D eigenvalue weighted by molar-refractivity contribution is 5.91. The van der Waals surface area contributed by atoms with Crippen LogP contribution >= 0.6 is 0 Å². The summed E-state index contributed by atoms with van der Waals surface area (Å²) in [7, 11) is 0. The molecule has 2 rings (SSSR count). The smallest absolute Gasteiger partial charge is 0.224 e. The second-order valence-corrected chi connectivity index (χ2v) is 4.97. The second kappa shape index (κ2) is 5.87. The number of aryl methyl sites for hydroxylation is 1. The number of piperidine rings is 1. The Hall–Kier alpha value is -1.55. The first kappa shape index (κ1) is 12.9. The molecule has 0 aromatic heterocycles. The van der Waals surface area contributed by atoms with Gasteiger partial charge in [0.1, 0.15) is 5.75 Å². The fraction of sp³-hybridized carbons (Fsp3) is 0.500. The largest absolute Gasteiger partial charge is 0.508 e. The van der Waals surface area contributed by atoms with E-state index in [1.54, 1.807) is 18.2 Å². The summed E-state index contributed by atoms with van der Waals surface area (Å²) in [6.45, 7) is 3.81. The average Bonchev–Trinajstić information content (AvgIpc) is 2.35. The molecule has 1 unspecified atom stereocenters. The lowest BCUT2D eigenvalue weighted by molar-refractivity contribution is -0.117. The summed E-state index contributed by atoms with van der Waals surface area (Å²) in [6, 6.07) is 5.11. The Morgan fingerprint density at radius 1 is 1.56 bits per heavy atom. The molecule has 4 nitrogen and oxygen atoms in total. The fourth-order valence-electron chi connectivity index (χ4n) is 2.31. The predicted octanol–water partition coefficient (Wildman–Crippen LogP) is 2.03. The summed E-state index contributed by atoms with van der Waals surface area (Å²) in [5, 5.41) is 15.6. The molecule has 1 fully saturated rings. The standard InChI is InChI=1S/C14H20N2O2/c1-10-7-12(4-5-13(10)17)16-14(18)8-11-3-2-6-15-9-11/h4-5,7,11,15,17H,2-3,6,8-9H2,1H3,(H,16,18). The first-order valence-electron chi connectivity index (χ1n) is 6.45. The zero-order chi connectivity index (χ0) is 13.0. The molecule has 0 bridgehead atoms. The van der Waals surface area contributed by atoms with Gasteiger partial charge in [-0.05, 0) is 62.5 Å². The van der Waals surface area contributed by atoms with Crippen molar-refractivity contribution in [1.82, 2.24) is 5.32 Å². The predicted molar refractivity (Wildman–Crippen MR) is 71.7 cm³/mol. The number of carbonyl (C=O) groups is 1. The normalized spacial score (nSPS) is 19.5. The van der Waals surface area contributed by atoms with Crippen molar-refractivity contribution in [3.05, 3.63) is 23.8 Å². The summed E-state index contributed by atoms with van der Waals surface area (Å²) in [5.74, 6) is 0.746. The van der Waals surface area contributed by atoms with Crippen molar-refractivity contribution in [2.45, 2.75) is 26.2 Å². The Morgan fingerprint density at radius 3 is 3.06 bits per heavy atom. The third-order valence-corrected chi connectivity index (χ3v) is 3.35. The molecule has 1 aromatic carbocycles. The average molecular weight is 248 g/mol. The molecule has 1 aromatic rings. The molecule has 1 aliphatic rings. The van der Waals surface area contributed by atoms with Crippen LogP contribution in [0.5, 0.6) is 5.75 Å². The number of carbonyl (C=O) groups excluding carboxylic acids is 1. The van der Waals surface area contributed by atoms with E-state index < -0.39 is 0 Å². The number of amides is 1. The Labute approximate surface area is 107 Å². The minimum Gasteiger partial charge on any atom is -0.508 e. The molecule has 0 saturated carbocycles. The van der Waals surface area contributed by atoms with Gasteiger partial charge >= 0.3 is 0 Å². The number of hydrogen-bond acceptors (Lipinski definition) is 3. The van der Waals surface area contributed by atoms with Gasteiger partial charge in [0, 0.05) is 12.1 Å². The lowest BCUT2D eigenvalue weighted by atomic mass is 9.96. The van der Waals surface area contributed by atoms with Crippen LogP contribution in [0.4, 0.5) is 5.69 Å². The van der Waals surface area contributed by atoms with Crippen LogP contribution in [0.1, 0.15) is 24.8 Å². The highest BCUT2D eigenvalue weighted by Crippen LogP contribution is 2.21. The Balaban J connectivity index is 1.88. The van der Waals surface area contributed by atoms with E-state index in [0.717, 1.165) is 37.2 Å². The van der Waals surface area contributed by atoms with Crippen molar-refractivity contribution in [3.63, 3.8) is 0 Å². The van der Waals surface area contributed by atoms with Crippen molar-refractivity contribution in [1.29, 1.82) is 0 Å². The van der Waals surface area contributed by atoms with Crippen molar-refractivity contribution in [3.8, 4) is 5.75 Å². The molecule has 1 amide bonds. The van der Waals surface area contributed by atoms with E-state index in [1.165, 1.54) is 0 Å². The van der Waals surface area contributed by atoms with Gasteiger partial charge in [-0.1, -0.05) is 0 Å². The molecule has 0 spiro atoms. The van der Waals surface area contributed by atoms with Crippen LogP contribution in [0.15, 0.2) is 18.2 Å². The lowest BCUT2D eigenvalue weighted by Gasteiger charge is -2.22. The lowest BCUT2D eigenvalue weighted by Crippen LogP contribution is -2.32. The van der Waals surface area contributed by atoms with E-state index in [9.17, 15) is 9.90 Å². The maximum Gasteiger partial charge on any atom is 0.224 e. The Morgan fingerprint density at radius 2 is 2.39 bits per heavy atom. The van der Waals surface area contributed by atoms with Crippen LogP contribution in [0.3, 0.4) is 0 Å². The van der Waals surface area contributed by atoms with Crippen molar-refractivity contribution in [2.75, 3.05) is 18.4 Å². The fourth-order valence-corrected chi connectivity index (χ4v) is 2.31. The number of benzene rings is 1. The molecule has 1 aliphatic heterocycles. The van der Waals surface area contributed by atoms with Gasteiger partial charge in [-0.15, -0.1) is 0 Å². The van der Waals surface area contributed by atoms with E-state index >= 15 is 0 Å². The summed E-state index contributed by atoms with van der Waals surface area (Å²) < 4.78 is 0. The molecule has 1 saturated heterocycles. The molecule has 1 heterocycles. The minimum atomic E-state index is 0.0498. The zero-order valence-electron chi connectivity index (χ0n) is 10.7. The molecule has 18 heavy (non-hydrogen) atoms. The van der Waals surface area contributed by atoms with Crippen molar-refractivity contribution < 1.29 is 9.90 Å². The maximum atomic E-state index is 11.9. The van der Waals surface area contributed by atoms with Gasteiger partial charge in [0.15, 0.2) is 0 Å². The van der Waals surface area contributed by atoms with Crippen LogP contribution in [0.25, 0.3) is 0 Å². The number of nitrogens with one attached hydrogen (secondary N) is 2. The van der Waals surface area contributed by atoms with Gasteiger partial charge in [0.05, 0.1) is 0 Å². The van der Waals surface area contributed by atoms with Gasteiger partial charge in [0.2, 0.25) is 5.91 Å². The van der Waals surface area contributed by atoms with Crippen LogP contribution in [-0.2, 0) is 4.79 Å². The van der Waals surface area contributed by atoms with Gasteiger partial charge in [0.25, 0.3) is 0 Å². The molecule has 0 radical (unpaired) electrons. The highest BCUT2D eigenvalue weighted by Gasteiger charge is 2.16. The van der Waals surface area contributed by atoms with Crippen molar-refractivity contribution in [2.24, 2.45) is 5.92 Å². The van der Waals surface area contributed by atoms with Gasteiger partial charge in [-0.25, -0.2) is 0 Å². The van der Waals surface area contributed by atoms with Gasteiger partial charge < -0.3 is 15.7 Å². The van der Waals surface area contributed by atoms with E-state index in [-0.39, 0.29) is 11.7 Å². The molecule has 3 N–H and O–H groups in total. The Bertz CT molecular complexity index is 426. The summed E-state index contributed by atoms with van der Waals surface area (Å²) >= 11 is 0. The maximum absolute atomic E-state index is 11.9. The van der Waals surface area contributed by atoms with E-state index in [2.05, 4.69) is 10.6 Å². The number of rotatable bonds is 3. The molecule has 0 aliphatic carbocycles. The van der Waals surface area contributed by atoms with Crippen molar-refractivity contribution >= 4 is 11.6 Å².